The highest BCUT2D eigenvalue weighted by molar-refractivity contribution is 6.31. The maximum atomic E-state index is 13.6. The van der Waals surface area contributed by atoms with Crippen molar-refractivity contribution in [3.05, 3.63) is 46.9 Å². The average molecular weight is 329 g/mol. The number of methoxy groups -OCH3 is 1. The van der Waals surface area contributed by atoms with Crippen molar-refractivity contribution >= 4 is 24.0 Å². The van der Waals surface area contributed by atoms with Crippen molar-refractivity contribution in [3.63, 3.8) is 0 Å². The second-order valence-corrected chi connectivity index (χ2v) is 5.36. The molecule has 1 aromatic heterocycles. The average Bonchev–Trinajstić information content (AvgIpc) is 3.19. The van der Waals surface area contributed by atoms with Gasteiger partial charge in [0.05, 0.1) is 17.8 Å². The van der Waals surface area contributed by atoms with Crippen molar-refractivity contribution in [1.82, 2.24) is 4.98 Å². The number of ether oxygens (including phenoxy) is 1. The van der Waals surface area contributed by atoms with Crippen LogP contribution >= 0.6 is 24.0 Å². The van der Waals surface area contributed by atoms with E-state index in [-0.39, 0.29) is 29.2 Å². The predicted octanol–water partition coefficient (Wildman–Crippen LogP) is 3.79. The Labute approximate surface area is 133 Å². The van der Waals surface area contributed by atoms with E-state index in [1.54, 1.807) is 12.1 Å². The standard InChI is InChI=1S/C15H14ClFN2O.ClH/c1-20-14-5-9(4-11(16)15(14)17)13-3-2-8(7-19-13)10-6-12(10)18;/h2-5,7,10,12H,6,18H2,1H3;1H/t10-,12+;/m1./s1. The molecule has 2 N–H and O–H groups in total. The predicted molar refractivity (Wildman–Crippen MR) is 83.8 cm³/mol. The molecule has 1 saturated carbocycles. The fourth-order valence-electron chi connectivity index (χ4n) is 2.25. The first-order valence-electron chi connectivity index (χ1n) is 6.35. The van der Waals surface area contributed by atoms with Gasteiger partial charge in [0, 0.05) is 23.7 Å². The first-order chi connectivity index (χ1) is 9.60. The van der Waals surface area contributed by atoms with Crippen LogP contribution in [0.2, 0.25) is 5.02 Å². The summed E-state index contributed by atoms with van der Waals surface area (Å²) in [5.41, 5.74) is 8.41. The quantitative estimate of drug-likeness (QED) is 0.932. The van der Waals surface area contributed by atoms with Crippen molar-refractivity contribution in [2.24, 2.45) is 5.73 Å². The van der Waals surface area contributed by atoms with E-state index in [0.29, 0.717) is 5.92 Å². The highest BCUT2D eigenvalue weighted by Gasteiger charge is 2.34. The zero-order chi connectivity index (χ0) is 14.3. The molecule has 1 heterocycles. The van der Waals surface area contributed by atoms with Gasteiger partial charge in [0.15, 0.2) is 11.6 Å². The van der Waals surface area contributed by atoms with Gasteiger partial charge in [-0.2, -0.15) is 0 Å². The summed E-state index contributed by atoms with van der Waals surface area (Å²) >= 11 is 5.86. The zero-order valence-corrected chi connectivity index (χ0v) is 12.9. The summed E-state index contributed by atoms with van der Waals surface area (Å²) in [6.07, 6.45) is 2.83. The number of halogens is 3. The highest BCUT2D eigenvalue weighted by Crippen LogP contribution is 2.39. The molecule has 2 atom stereocenters. The maximum absolute atomic E-state index is 13.6. The smallest absolute Gasteiger partial charge is 0.183 e. The van der Waals surface area contributed by atoms with Crippen molar-refractivity contribution < 1.29 is 9.13 Å². The fourth-order valence-corrected chi connectivity index (χ4v) is 2.46. The normalized spacial score (nSPS) is 19.8. The third kappa shape index (κ3) is 3.12. The van der Waals surface area contributed by atoms with Crippen LogP contribution in [0.25, 0.3) is 11.3 Å². The summed E-state index contributed by atoms with van der Waals surface area (Å²) in [6, 6.07) is 7.28. The molecule has 0 amide bonds. The molecule has 1 aromatic carbocycles. The summed E-state index contributed by atoms with van der Waals surface area (Å²) in [7, 11) is 1.41. The number of hydrogen-bond donors (Lipinski definition) is 1. The minimum Gasteiger partial charge on any atom is -0.494 e. The van der Waals surface area contributed by atoms with Gasteiger partial charge < -0.3 is 10.5 Å². The Balaban J connectivity index is 0.00000161. The third-order valence-electron chi connectivity index (χ3n) is 3.56. The first-order valence-corrected chi connectivity index (χ1v) is 6.73. The Morgan fingerprint density at radius 3 is 2.62 bits per heavy atom. The largest absolute Gasteiger partial charge is 0.494 e. The molecule has 1 aliphatic carbocycles. The van der Waals surface area contributed by atoms with Crippen LogP contribution in [0.1, 0.15) is 17.9 Å². The molecule has 21 heavy (non-hydrogen) atoms. The van der Waals surface area contributed by atoms with Crippen LogP contribution in [0.15, 0.2) is 30.5 Å². The molecule has 2 aromatic rings. The van der Waals surface area contributed by atoms with E-state index in [4.69, 9.17) is 22.1 Å². The molecule has 3 nitrogen and oxygen atoms in total. The molecule has 0 aliphatic heterocycles. The van der Waals surface area contributed by atoms with Crippen LogP contribution in [-0.4, -0.2) is 18.1 Å². The minimum atomic E-state index is -0.557. The van der Waals surface area contributed by atoms with Crippen LogP contribution in [0.5, 0.6) is 5.75 Å². The van der Waals surface area contributed by atoms with Crippen LogP contribution in [-0.2, 0) is 0 Å². The van der Waals surface area contributed by atoms with Crippen LogP contribution in [0.4, 0.5) is 4.39 Å². The number of pyridine rings is 1. The van der Waals surface area contributed by atoms with E-state index in [1.165, 1.54) is 7.11 Å². The number of hydrogen-bond acceptors (Lipinski definition) is 3. The molecular formula is C15H15Cl2FN2O. The number of nitrogens with zero attached hydrogens (tertiary/aromatic N) is 1. The van der Waals surface area contributed by atoms with Crippen molar-refractivity contribution in [2.45, 2.75) is 18.4 Å². The monoisotopic (exact) mass is 328 g/mol. The molecular weight excluding hydrogens is 314 g/mol. The van der Waals surface area contributed by atoms with E-state index >= 15 is 0 Å². The molecule has 0 radical (unpaired) electrons. The fraction of sp³-hybridized carbons (Fsp3) is 0.267. The van der Waals surface area contributed by atoms with Crippen LogP contribution in [0.3, 0.4) is 0 Å². The second kappa shape index (κ2) is 6.18. The lowest BCUT2D eigenvalue weighted by Crippen LogP contribution is -2.01. The summed E-state index contributed by atoms with van der Waals surface area (Å²) in [4.78, 5) is 4.40. The van der Waals surface area contributed by atoms with Gasteiger partial charge in [0.1, 0.15) is 0 Å². The molecule has 3 rings (SSSR count). The Morgan fingerprint density at radius 1 is 1.38 bits per heavy atom. The number of aromatic nitrogens is 1. The van der Waals surface area contributed by atoms with Gasteiger partial charge in [0.2, 0.25) is 0 Å². The molecule has 6 heteroatoms. The van der Waals surface area contributed by atoms with Gasteiger partial charge in [0.25, 0.3) is 0 Å². The maximum Gasteiger partial charge on any atom is 0.183 e. The molecule has 112 valence electrons. The lowest BCUT2D eigenvalue weighted by Gasteiger charge is -2.08. The van der Waals surface area contributed by atoms with Gasteiger partial charge in [-0.1, -0.05) is 17.7 Å². The zero-order valence-electron chi connectivity index (χ0n) is 11.3. The van der Waals surface area contributed by atoms with Crippen LogP contribution in [0, 0.1) is 5.82 Å². The first kappa shape index (κ1) is 16.0. The molecule has 0 spiro atoms. The van der Waals surface area contributed by atoms with Gasteiger partial charge in [-0.3, -0.25) is 4.98 Å². The SMILES string of the molecule is COc1cc(-c2ccc([C@H]3C[C@@H]3N)cn2)cc(Cl)c1F.Cl. The summed E-state index contributed by atoms with van der Waals surface area (Å²) < 4.78 is 18.6. The number of benzene rings is 1. The Bertz CT molecular complexity index is 649. The molecule has 0 unspecified atom stereocenters. The van der Waals surface area contributed by atoms with Gasteiger partial charge in [-0.15, -0.1) is 12.4 Å². The van der Waals surface area contributed by atoms with Crippen molar-refractivity contribution in [1.29, 1.82) is 0 Å². The lowest BCUT2D eigenvalue weighted by atomic mass is 10.1. The van der Waals surface area contributed by atoms with Crippen molar-refractivity contribution in [3.8, 4) is 17.0 Å². The summed E-state index contributed by atoms with van der Waals surface area (Å²) in [6.45, 7) is 0. The highest BCUT2D eigenvalue weighted by atomic mass is 35.5. The topological polar surface area (TPSA) is 48.1 Å². The lowest BCUT2D eigenvalue weighted by molar-refractivity contribution is 0.387. The van der Waals surface area contributed by atoms with E-state index < -0.39 is 5.82 Å². The number of nitrogens with two attached hydrogens (primary N) is 1. The third-order valence-corrected chi connectivity index (χ3v) is 3.84. The minimum absolute atomic E-state index is 0. The molecule has 0 saturated heterocycles. The Morgan fingerprint density at radius 2 is 2.10 bits per heavy atom. The molecule has 0 bridgehead atoms. The molecule has 1 fully saturated rings. The van der Waals surface area contributed by atoms with Gasteiger partial charge in [-0.25, -0.2) is 4.39 Å². The van der Waals surface area contributed by atoms with Crippen molar-refractivity contribution in [2.75, 3.05) is 7.11 Å². The Kier molecular flexibility index (Phi) is 4.71. The van der Waals surface area contributed by atoms with E-state index in [9.17, 15) is 4.39 Å². The molecule has 1 aliphatic rings. The van der Waals surface area contributed by atoms with Gasteiger partial charge >= 0.3 is 0 Å². The van der Waals surface area contributed by atoms with Gasteiger partial charge in [-0.05, 0) is 30.2 Å². The number of rotatable bonds is 3. The Hall–Kier alpha value is -1.36. The summed E-state index contributed by atoms with van der Waals surface area (Å²) in [5.74, 6) is -0.0241. The van der Waals surface area contributed by atoms with Crippen LogP contribution < -0.4 is 10.5 Å². The second-order valence-electron chi connectivity index (χ2n) is 4.96. The summed E-state index contributed by atoms with van der Waals surface area (Å²) in [5, 5.41) is 0.0226. The van der Waals surface area contributed by atoms with E-state index in [1.807, 2.05) is 18.3 Å². The van der Waals surface area contributed by atoms with E-state index in [0.717, 1.165) is 23.2 Å². The van der Waals surface area contributed by atoms with E-state index in [2.05, 4.69) is 4.98 Å².